The van der Waals surface area contributed by atoms with Crippen molar-refractivity contribution in [2.75, 3.05) is 0 Å². The molecule has 0 aliphatic heterocycles. The van der Waals surface area contributed by atoms with Crippen molar-refractivity contribution < 1.29 is 9.90 Å². The second-order valence-corrected chi connectivity index (χ2v) is 7.11. The number of halogens is 1. The predicted octanol–water partition coefficient (Wildman–Crippen LogP) is 4.76. The third kappa shape index (κ3) is 3.51. The fraction of sp³-hybridized carbons (Fsp3) is 0.238. The van der Waals surface area contributed by atoms with Crippen LogP contribution in [0.25, 0.3) is 10.9 Å². The van der Waals surface area contributed by atoms with E-state index in [0.29, 0.717) is 21.5 Å². The van der Waals surface area contributed by atoms with Gasteiger partial charge in [-0.15, -0.1) is 0 Å². The Hall–Kier alpha value is -2.59. The van der Waals surface area contributed by atoms with Crippen LogP contribution in [0.1, 0.15) is 36.6 Å². The number of phenolic OH excluding ortho intramolecular Hbond substituents is 1. The van der Waals surface area contributed by atoms with Gasteiger partial charge >= 0.3 is 0 Å². The van der Waals surface area contributed by atoms with Gasteiger partial charge in [-0.2, -0.15) is 0 Å². The van der Waals surface area contributed by atoms with Crippen molar-refractivity contribution >= 4 is 28.4 Å². The Kier molecular flexibility index (Phi) is 5.14. The Balaban J connectivity index is 2.18. The van der Waals surface area contributed by atoms with Crippen LogP contribution in [0.15, 0.2) is 48.7 Å². The molecular weight excluding hydrogens is 348 g/mol. The summed E-state index contributed by atoms with van der Waals surface area (Å²) in [5, 5.41) is 15.0. The molecule has 1 atom stereocenters. The predicted molar refractivity (Wildman–Crippen MR) is 104 cm³/mol. The van der Waals surface area contributed by atoms with Gasteiger partial charge in [-0.05, 0) is 30.7 Å². The topological polar surface area (TPSA) is 62.2 Å². The number of aromatic hydroxyl groups is 1. The van der Waals surface area contributed by atoms with Crippen LogP contribution in [0, 0.1) is 12.8 Å². The van der Waals surface area contributed by atoms with Gasteiger partial charge < -0.3 is 10.4 Å². The van der Waals surface area contributed by atoms with Gasteiger partial charge in [-0.3, -0.25) is 9.78 Å². The lowest BCUT2D eigenvalue weighted by Gasteiger charge is -2.23. The number of pyridine rings is 1. The number of amides is 1. The van der Waals surface area contributed by atoms with Gasteiger partial charge in [0, 0.05) is 23.1 Å². The SMILES string of the molecule is Cc1ccc([C@@H](NC(=O)C(C)C)c2cc(Cl)c3cccnc3c2O)cc1. The molecule has 2 N–H and O–H groups in total. The summed E-state index contributed by atoms with van der Waals surface area (Å²) in [6.45, 7) is 5.66. The highest BCUT2D eigenvalue weighted by Crippen LogP contribution is 2.38. The quantitative estimate of drug-likeness (QED) is 0.697. The summed E-state index contributed by atoms with van der Waals surface area (Å²) in [6.07, 6.45) is 1.61. The molecule has 1 amide bonds. The normalized spacial score (nSPS) is 12.3. The average molecular weight is 369 g/mol. The fourth-order valence-electron chi connectivity index (χ4n) is 2.83. The first-order chi connectivity index (χ1) is 12.4. The zero-order chi connectivity index (χ0) is 18.8. The Morgan fingerprint density at radius 2 is 1.88 bits per heavy atom. The third-order valence-corrected chi connectivity index (χ3v) is 4.69. The molecule has 0 aliphatic carbocycles. The van der Waals surface area contributed by atoms with Crippen LogP contribution in [0.5, 0.6) is 5.75 Å². The zero-order valence-electron chi connectivity index (χ0n) is 15.0. The number of rotatable bonds is 4. The lowest BCUT2D eigenvalue weighted by Crippen LogP contribution is -2.32. The standard InChI is InChI=1S/C21H21ClN2O2/c1-12(2)21(26)24-18(14-8-6-13(3)7-9-14)16-11-17(22)15-5-4-10-23-19(15)20(16)25/h4-12,18,25H,1-3H3,(H,24,26)/t18-/m1/s1. The minimum Gasteiger partial charge on any atom is -0.505 e. The smallest absolute Gasteiger partial charge is 0.223 e. The summed E-state index contributed by atoms with van der Waals surface area (Å²) in [5.41, 5.74) is 2.93. The van der Waals surface area contributed by atoms with Crippen LogP contribution in [0.4, 0.5) is 0 Å². The van der Waals surface area contributed by atoms with Crippen molar-refractivity contribution in [1.82, 2.24) is 10.3 Å². The molecule has 4 nitrogen and oxygen atoms in total. The molecule has 0 bridgehead atoms. The van der Waals surface area contributed by atoms with E-state index in [2.05, 4.69) is 10.3 Å². The molecule has 0 saturated heterocycles. The Morgan fingerprint density at radius 3 is 2.54 bits per heavy atom. The van der Waals surface area contributed by atoms with E-state index in [1.165, 1.54) is 0 Å². The zero-order valence-corrected chi connectivity index (χ0v) is 15.7. The van der Waals surface area contributed by atoms with Gasteiger partial charge in [0.05, 0.1) is 11.1 Å². The summed E-state index contributed by atoms with van der Waals surface area (Å²) in [6, 6.07) is 12.6. The number of aryl methyl sites for hydroxylation is 1. The van der Waals surface area contributed by atoms with Crippen molar-refractivity contribution in [2.45, 2.75) is 26.8 Å². The van der Waals surface area contributed by atoms with Crippen molar-refractivity contribution in [3.8, 4) is 5.75 Å². The molecule has 0 fully saturated rings. The number of carbonyl (C=O) groups is 1. The highest BCUT2D eigenvalue weighted by molar-refractivity contribution is 6.35. The van der Waals surface area contributed by atoms with Crippen LogP contribution < -0.4 is 5.32 Å². The van der Waals surface area contributed by atoms with E-state index in [9.17, 15) is 9.90 Å². The maximum Gasteiger partial charge on any atom is 0.223 e. The molecule has 1 heterocycles. The molecule has 134 valence electrons. The van der Waals surface area contributed by atoms with Gasteiger partial charge in [-0.25, -0.2) is 0 Å². The van der Waals surface area contributed by atoms with Gasteiger partial charge in [0.25, 0.3) is 0 Å². The summed E-state index contributed by atoms with van der Waals surface area (Å²) < 4.78 is 0. The van der Waals surface area contributed by atoms with E-state index in [1.54, 1.807) is 18.3 Å². The number of hydrogen-bond donors (Lipinski definition) is 2. The van der Waals surface area contributed by atoms with Crippen molar-refractivity contribution in [1.29, 1.82) is 0 Å². The molecule has 1 aromatic heterocycles. The highest BCUT2D eigenvalue weighted by atomic mass is 35.5. The van der Waals surface area contributed by atoms with Gasteiger partial charge in [-0.1, -0.05) is 55.3 Å². The van der Waals surface area contributed by atoms with Gasteiger partial charge in [0.1, 0.15) is 11.3 Å². The number of nitrogens with zero attached hydrogens (tertiary/aromatic N) is 1. The van der Waals surface area contributed by atoms with Crippen molar-refractivity contribution in [3.05, 3.63) is 70.4 Å². The lowest BCUT2D eigenvalue weighted by atomic mass is 9.95. The molecule has 2 aromatic carbocycles. The molecular formula is C21H21ClN2O2. The minimum atomic E-state index is -0.519. The van der Waals surface area contributed by atoms with Crippen molar-refractivity contribution in [2.24, 2.45) is 5.92 Å². The summed E-state index contributed by atoms with van der Waals surface area (Å²) in [7, 11) is 0. The number of carbonyl (C=O) groups excluding carboxylic acids is 1. The molecule has 0 unspecified atom stereocenters. The van der Waals surface area contributed by atoms with Crippen LogP contribution in [-0.4, -0.2) is 16.0 Å². The van der Waals surface area contributed by atoms with E-state index < -0.39 is 6.04 Å². The van der Waals surface area contributed by atoms with Crippen LogP contribution in [-0.2, 0) is 4.79 Å². The highest BCUT2D eigenvalue weighted by Gasteiger charge is 2.24. The van der Waals surface area contributed by atoms with Crippen LogP contribution in [0.3, 0.4) is 0 Å². The second kappa shape index (κ2) is 7.34. The van der Waals surface area contributed by atoms with E-state index in [4.69, 9.17) is 11.6 Å². The molecule has 3 rings (SSSR count). The summed E-state index contributed by atoms with van der Waals surface area (Å²) in [4.78, 5) is 16.6. The first kappa shape index (κ1) is 18.2. The van der Waals surface area contributed by atoms with E-state index in [1.807, 2.05) is 51.1 Å². The molecule has 0 aliphatic rings. The number of nitrogens with one attached hydrogen (secondary N) is 1. The molecule has 3 aromatic rings. The van der Waals surface area contributed by atoms with E-state index in [0.717, 1.165) is 11.1 Å². The number of fused-ring (bicyclic) bond motifs is 1. The number of benzene rings is 2. The molecule has 0 spiro atoms. The van der Waals surface area contributed by atoms with Gasteiger partial charge in [0.15, 0.2) is 0 Å². The largest absolute Gasteiger partial charge is 0.505 e. The fourth-order valence-corrected chi connectivity index (χ4v) is 3.10. The van der Waals surface area contributed by atoms with E-state index >= 15 is 0 Å². The second-order valence-electron chi connectivity index (χ2n) is 6.70. The maximum atomic E-state index is 12.4. The average Bonchev–Trinajstić information content (AvgIpc) is 2.63. The number of phenols is 1. The molecule has 0 saturated carbocycles. The first-order valence-electron chi connectivity index (χ1n) is 8.51. The van der Waals surface area contributed by atoms with Crippen molar-refractivity contribution in [3.63, 3.8) is 0 Å². The maximum absolute atomic E-state index is 12.4. The molecule has 5 heteroatoms. The number of hydrogen-bond acceptors (Lipinski definition) is 3. The summed E-state index contributed by atoms with van der Waals surface area (Å²) in [5.74, 6) is -0.258. The molecule has 0 radical (unpaired) electrons. The Labute approximate surface area is 157 Å². The van der Waals surface area contributed by atoms with Crippen LogP contribution in [0.2, 0.25) is 5.02 Å². The monoisotopic (exact) mass is 368 g/mol. The lowest BCUT2D eigenvalue weighted by molar-refractivity contribution is -0.124. The summed E-state index contributed by atoms with van der Waals surface area (Å²) >= 11 is 6.43. The third-order valence-electron chi connectivity index (χ3n) is 4.38. The van der Waals surface area contributed by atoms with E-state index in [-0.39, 0.29) is 17.6 Å². The number of aromatic nitrogens is 1. The minimum absolute atomic E-state index is 0.0274. The molecule has 26 heavy (non-hydrogen) atoms. The van der Waals surface area contributed by atoms with Crippen LogP contribution >= 0.6 is 11.6 Å². The Bertz CT molecular complexity index is 952. The Morgan fingerprint density at radius 1 is 1.19 bits per heavy atom. The first-order valence-corrected chi connectivity index (χ1v) is 8.89. The van der Waals surface area contributed by atoms with Gasteiger partial charge in [0.2, 0.25) is 5.91 Å².